The Morgan fingerprint density at radius 2 is 1.59 bits per heavy atom. The molecule has 7 rings (SSSR count). The number of fused-ring (bicyclic) bond motifs is 9. The highest BCUT2D eigenvalue weighted by molar-refractivity contribution is 9.12. The minimum absolute atomic E-state index is 0.00412. The number of hydrogen-bond donors (Lipinski definition) is 0. The Labute approximate surface area is 532 Å². The van der Waals surface area contributed by atoms with Crippen molar-refractivity contribution in [3.63, 3.8) is 0 Å². The van der Waals surface area contributed by atoms with Crippen LogP contribution in [-0.2, 0) is 58.0 Å². The van der Waals surface area contributed by atoms with E-state index in [4.69, 9.17) is 65.5 Å². The van der Waals surface area contributed by atoms with Crippen LogP contribution >= 0.6 is 15.9 Å². The largest absolute Gasteiger partial charge is 0.458 e. The van der Waals surface area contributed by atoms with Gasteiger partial charge < -0.3 is 55.6 Å². The van der Waals surface area contributed by atoms with E-state index in [0.29, 0.717) is 79.0 Å². The molecule has 15 atom stereocenters. The first-order valence-electron chi connectivity index (χ1n) is 32.0. The summed E-state index contributed by atoms with van der Waals surface area (Å²) in [6.45, 7) is 37.9. The Balaban J connectivity index is 1.14. The standard InChI is InChI=1S/C69H105BrN2O13Si2/c1-43(2)87(44(3)4,45(5)6)85-62(33-46(7)28-29-52(74-15)24-22-30-70)61-38-57(75-16)39-69(76-17,83-61)40-64-71-51(41-77-64)34-48(9)66-50(11)67-49(10)59(81-66)25-21-26-63-72-58(42-78-63)60-37-56(84-86(18,19)68(12,13)14)36-55(80-60)35-54-32-47(8)31-53(79-54)23-20-27-65(73)82-67/h20-21,26-29,33-34,41-45,49-50,52-57,59-62,66-67H,8,23-25,31-32,35-40H2,1-7,9-19H3/t49-,50-,52+,53-,54+,55+,56+,57+,59+,60+,61+,62+,66?,67-,69-/m0/s1. The summed E-state index contributed by atoms with van der Waals surface area (Å²) in [5.74, 6) is 2.04. The monoisotopic (exact) mass is 1300 g/mol. The lowest BCUT2D eigenvalue weighted by Crippen LogP contribution is -2.57. The van der Waals surface area contributed by atoms with Gasteiger partial charge >= 0.3 is 5.97 Å². The second-order valence-electron chi connectivity index (χ2n) is 27.8. The molecule has 1 unspecified atom stereocenters. The van der Waals surface area contributed by atoms with Crippen LogP contribution in [0.5, 0.6) is 0 Å². The van der Waals surface area contributed by atoms with Gasteiger partial charge in [-0.1, -0.05) is 130 Å². The van der Waals surface area contributed by atoms with E-state index >= 15 is 0 Å². The highest BCUT2D eigenvalue weighted by Crippen LogP contribution is 2.47. The Morgan fingerprint density at radius 3 is 2.25 bits per heavy atom. The lowest BCUT2D eigenvalue weighted by molar-refractivity contribution is -0.297. The van der Waals surface area contributed by atoms with Gasteiger partial charge in [0.1, 0.15) is 36.1 Å². The fraction of sp³-hybridized carbons (Fsp3) is 0.696. The first kappa shape index (κ1) is 70.9. The summed E-state index contributed by atoms with van der Waals surface area (Å²) in [5, 5.41) is 0.0526. The molecule has 0 aromatic carbocycles. The van der Waals surface area contributed by atoms with Crippen LogP contribution in [0.4, 0.5) is 0 Å². The number of hydrogen-bond acceptors (Lipinski definition) is 15. The van der Waals surface area contributed by atoms with E-state index in [2.05, 4.69) is 142 Å². The number of rotatable bonds is 19. The predicted molar refractivity (Wildman–Crippen MR) is 351 cm³/mol. The number of oxazole rings is 2. The number of esters is 1. The highest BCUT2D eigenvalue weighted by atomic mass is 79.9. The Hall–Kier alpha value is -3.56. The normalized spacial score (nSPS) is 31.0. The number of aromatic nitrogens is 2. The highest BCUT2D eigenvalue weighted by Gasteiger charge is 2.52. The maximum absolute atomic E-state index is 13.9. The number of halogens is 1. The minimum atomic E-state index is -2.45. The molecule has 0 saturated carbocycles. The van der Waals surface area contributed by atoms with Crippen LogP contribution in [0.25, 0.3) is 12.2 Å². The molecule has 2 aromatic rings. The molecule has 4 fully saturated rings. The molecule has 0 radical (unpaired) electrons. The van der Waals surface area contributed by atoms with E-state index in [-0.39, 0.29) is 72.1 Å². The van der Waals surface area contributed by atoms with Crippen molar-refractivity contribution in [3.05, 3.63) is 95.4 Å². The van der Waals surface area contributed by atoms with Gasteiger partial charge in [-0.25, -0.2) is 14.8 Å². The third-order valence-electron chi connectivity index (χ3n) is 19.4. The van der Waals surface area contributed by atoms with Crippen molar-refractivity contribution in [3.8, 4) is 10.8 Å². The minimum Gasteiger partial charge on any atom is -0.458 e. The molecule has 0 amide bonds. The molecule has 4 saturated heterocycles. The molecule has 0 N–H and O–H groups in total. The van der Waals surface area contributed by atoms with E-state index in [1.165, 1.54) is 0 Å². The SMILES string of the molecule is C=C1C[C@@H]2C[C@@H]3C[C@@H](O[Si](C)(C)C(C)(C)C)C[C@@H](O3)c3coc(n3)C=CC[C@H]3OC(C(C)=Cc4coc(C[C@]5(OC)C[C@H](OC)C[C@H]([C@@H](C=C(C)C=C[C@@H](CC#CBr)OC)O[Si](C(C)C)(C(C)C)C(C)C)O5)n4)[C@H](C)[C@@H](OC(=O)C=CC[C@@H](C1)O2)[C@H]3C. The fourth-order valence-corrected chi connectivity index (χ4v) is 20.9. The molecule has 8 bridgehead atoms. The van der Waals surface area contributed by atoms with E-state index in [0.717, 1.165) is 41.7 Å². The van der Waals surface area contributed by atoms with Gasteiger partial charge in [-0.2, -0.15) is 0 Å². The van der Waals surface area contributed by atoms with Crippen LogP contribution in [0.2, 0.25) is 34.8 Å². The molecule has 484 valence electrons. The van der Waals surface area contributed by atoms with Gasteiger partial charge in [0.15, 0.2) is 20.0 Å². The molecule has 5 aliphatic heterocycles. The van der Waals surface area contributed by atoms with Crippen molar-refractivity contribution >= 4 is 50.7 Å². The van der Waals surface area contributed by atoms with Gasteiger partial charge in [-0.3, -0.25) is 0 Å². The fourth-order valence-electron chi connectivity index (χ4n) is 13.9. The number of carbonyl (C=O) groups is 1. The van der Waals surface area contributed by atoms with Crippen molar-refractivity contribution in [1.82, 2.24) is 9.97 Å². The second kappa shape index (κ2) is 31.2. The number of nitrogens with zero attached hydrogens (tertiary/aromatic N) is 2. The number of ether oxygens (including phenoxy) is 8. The zero-order valence-corrected chi connectivity index (χ0v) is 59.2. The molecule has 0 aliphatic carbocycles. The van der Waals surface area contributed by atoms with Crippen molar-refractivity contribution in [2.75, 3.05) is 21.3 Å². The van der Waals surface area contributed by atoms with Crippen LogP contribution in [-0.4, -0.2) is 127 Å². The average Bonchev–Trinajstić information content (AvgIpc) is 2.23. The maximum atomic E-state index is 13.9. The molecule has 15 nitrogen and oxygen atoms in total. The van der Waals surface area contributed by atoms with Gasteiger partial charge in [0, 0.05) is 87.3 Å². The second-order valence-corrected chi connectivity index (χ2v) is 38.4. The smallest absolute Gasteiger partial charge is 0.330 e. The molecule has 2 aromatic heterocycles. The van der Waals surface area contributed by atoms with E-state index in [1.54, 1.807) is 39.9 Å². The van der Waals surface area contributed by atoms with Gasteiger partial charge in [0.05, 0.1) is 67.5 Å². The van der Waals surface area contributed by atoms with Crippen molar-refractivity contribution < 1.29 is 60.4 Å². The molecule has 0 spiro atoms. The Bertz CT molecular complexity index is 2780. The van der Waals surface area contributed by atoms with Crippen molar-refractivity contribution in [2.24, 2.45) is 11.8 Å². The van der Waals surface area contributed by atoms with E-state index in [9.17, 15) is 4.79 Å². The Kier molecular flexibility index (Phi) is 25.4. The van der Waals surface area contributed by atoms with Gasteiger partial charge in [-0.05, 0) is 103 Å². The third kappa shape index (κ3) is 18.4. The zero-order valence-electron chi connectivity index (χ0n) is 55.7. The zero-order chi connectivity index (χ0) is 63.6. The van der Waals surface area contributed by atoms with Crippen molar-refractivity contribution in [2.45, 2.75) is 274 Å². The summed E-state index contributed by atoms with van der Waals surface area (Å²) in [7, 11) is 0.548. The van der Waals surface area contributed by atoms with Crippen molar-refractivity contribution in [1.29, 1.82) is 0 Å². The molecule has 5 aliphatic rings. The van der Waals surface area contributed by atoms with E-state index < -0.39 is 52.8 Å². The lowest BCUT2D eigenvalue weighted by atomic mass is 9.79. The first-order valence-corrected chi connectivity index (χ1v) is 37.8. The van der Waals surface area contributed by atoms with Crippen LogP contribution in [0, 0.1) is 22.6 Å². The first-order chi connectivity index (χ1) is 41.1. The van der Waals surface area contributed by atoms with Crippen LogP contribution in [0.15, 0.2) is 81.1 Å². The lowest BCUT2D eigenvalue weighted by Gasteiger charge is -2.49. The third-order valence-corrected chi connectivity index (χ3v) is 30.3. The average molecular weight is 1310 g/mol. The van der Waals surface area contributed by atoms with Gasteiger partial charge in [0.2, 0.25) is 14.2 Å². The van der Waals surface area contributed by atoms with E-state index in [1.807, 2.05) is 37.3 Å². The summed E-state index contributed by atoms with van der Waals surface area (Å²) in [6.07, 6.45) is 22.4. The molecule has 87 heavy (non-hydrogen) atoms. The molecular weight excluding hydrogens is 1200 g/mol. The quantitative estimate of drug-likeness (QED) is 0.0429. The Morgan fingerprint density at radius 1 is 0.874 bits per heavy atom. The van der Waals surface area contributed by atoms with Crippen LogP contribution in [0.3, 0.4) is 0 Å². The topological polar surface area (TPSA) is 161 Å². The molecule has 7 heterocycles. The molecular formula is C69H105BrN2O13Si2. The van der Waals surface area contributed by atoms with Crippen LogP contribution in [0.1, 0.15) is 183 Å². The van der Waals surface area contributed by atoms with Gasteiger partial charge in [-0.15, -0.1) is 0 Å². The summed E-state index contributed by atoms with van der Waals surface area (Å²) in [6, 6.07) is 0. The molecule has 18 heteroatoms. The summed E-state index contributed by atoms with van der Waals surface area (Å²) >= 11 is 3.21. The summed E-state index contributed by atoms with van der Waals surface area (Å²) in [4.78, 5) is 26.7. The summed E-state index contributed by atoms with van der Waals surface area (Å²) < 4.78 is 79.8. The number of methoxy groups -OCH3 is 3. The number of allylic oxidation sites excluding steroid dienone is 2. The van der Waals surface area contributed by atoms with Gasteiger partial charge in [0.25, 0.3) is 0 Å². The predicted octanol–water partition coefficient (Wildman–Crippen LogP) is 16.1. The van der Waals surface area contributed by atoms with Crippen LogP contribution < -0.4 is 0 Å². The summed E-state index contributed by atoms with van der Waals surface area (Å²) in [5.41, 5.74) is 5.41. The number of carbonyl (C=O) groups excluding carboxylic acids is 1. The maximum Gasteiger partial charge on any atom is 0.330 e.